The first-order valence-corrected chi connectivity index (χ1v) is 19.0. The standard InChI is InChI=1S/C51H33N5O/c1-4-17-34(18-5-1)35-19-14-20-36(33-35)49-52-50(41-27-15-29-43-47(41)39-25-10-12-28-42(39)55(43)37-21-6-2-7-22-37)54-51(53-49)56(38-23-8-3-9-24-38)44-30-16-32-46-48(44)40-26-11-13-31-45(40)57-46/h1-33H. The maximum Gasteiger partial charge on any atom is 0.238 e. The largest absolute Gasteiger partial charge is 0.456 e. The number of fused-ring (bicyclic) bond motifs is 6. The minimum atomic E-state index is 0.493. The lowest BCUT2D eigenvalue weighted by Gasteiger charge is -2.24. The van der Waals surface area contributed by atoms with Crippen LogP contribution in [-0.4, -0.2) is 19.5 Å². The molecule has 0 N–H and O–H groups in total. The van der Waals surface area contributed by atoms with Crippen LogP contribution in [0.5, 0.6) is 0 Å². The Morgan fingerprint density at radius 1 is 0.421 bits per heavy atom. The molecule has 0 aliphatic rings. The van der Waals surface area contributed by atoms with Crippen molar-refractivity contribution >= 4 is 61.1 Å². The highest BCUT2D eigenvalue weighted by molar-refractivity contribution is 6.16. The number of hydrogen-bond donors (Lipinski definition) is 0. The Bertz CT molecular complexity index is 3240. The quantitative estimate of drug-likeness (QED) is 0.163. The molecule has 0 aliphatic heterocycles. The molecule has 3 aromatic heterocycles. The van der Waals surface area contributed by atoms with Crippen LogP contribution >= 0.6 is 0 Å². The maximum atomic E-state index is 6.40. The molecule has 0 amide bonds. The van der Waals surface area contributed by atoms with Crippen molar-refractivity contribution in [1.82, 2.24) is 19.5 Å². The van der Waals surface area contributed by atoms with Gasteiger partial charge in [-0.2, -0.15) is 9.97 Å². The van der Waals surface area contributed by atoms with E-state index in [0.29, 0.717) is 17.6 Å². The van der Waals surface area contributed by atoms with E-state index < -0.39 is 0 Å². The first-order chi connectivity index (χ1) is 28.3. The molecular formula is C51H33N5O. The van der Waals surface area contributed by atoms with Crippen LogP contribution in [0.1, 0.15) is 0 Å². The van der Waals surface area contributed by atoms with Crippen molar-refractivity contribution in [1.29, 1.82) is 0 Å². The summed E-state index contributed by atoms with van der Waals surface area (Å²) in [7, 11) is 0. The molecule has 6 nitrogen and oxygen atoms in total. The van der Waals surface area contributed by atoms with Crippen LogP contribution in [0.4, 0.5) is 17.3 Å². The number of furan rings is 1. The van der Waals surface area contributed by atoms with Crippen molar-refractivity contribution < 1.29 is 4.42 Å². The SMILES string of the molecule is c1ccc(-c2cccc(-c3nc(-c4cccc5c4c4ccccc4n5-c4ccccc4)nc(N(c4ccccc4)c4cccc5oc6ccccc6c45)n3)c2)cc1. The lowest BCUT2D eigenvalue weighted by Crippen LogP contribution is -2.15. The Labute approximate surface area is 328 Å². The van der Waals surface area contributed by atoms with Gasteiger partial charge in [-0.05, 0) is 71.8 Å². The molecule has 0 unspecified atom stereocenters. The Morgan fingerprint density at radius 2 is 1.04 bits per heavy atom. The van der Waals surface area contributed by atoms with Gasteiger partial charge in [0.15, 0.2) is 11.6 Å². The monoisotopic (exact) mass is 731 g/mol. The van der Waals surface area contributed by atoms with Crippen LogP contribution in [0.2, 0.25) is 0 Å². The smallest absolute Gasteiger partial charge is 0.238 e. The molecule has 0 spiro atoms. The first-order valence-electron chi connectivity index (χ1n) is 19.0. The molecule has 6 heteroatoms. The van der Waals surface area contributed by atoms with Gasteiger partial charge in [0.1, 0.15) is 11.2 Å². The van der Waals surface area contributed by atoms with Gasteiger partial charge < -0.3 is 8.98 Å². The molecule has 0 saturated carbocycles. The van der Waals surface area contributed by atoms with Gasteiger partial charge in [0, 0.05) is 38.7 Å². The molecule has 0 radical (unpaired) electrons. The highest BCUT2D eigenvalue weighted by Crippen LogP contribution is 2.43. The second-order valence-corrected chi connectivity index (χ2v) is 14.0. The Morgan fingerprint density at radius 3 is 1.88 bits per heavy atom. The lowest BCUT2D eigenvalue weighted by atomic mass is 10.0. The van der Waals surface area contributed by atoms with Crippen molar-refractivity contribution in [2.75, 3.05) is 4.90 Å². The summed E-state index contributed by atoms with van der Waals surface area (Å²) < 4.78 is 8.72. The number of anilines is 3. The van der Waals surface area contributed by atoms with Crippen LogP contribution in [0.15, 0.2) is 205 Å². The zero-order valence-corrected chi connectivity index (χ0v) is 30.7. The summed E-state index contributed by atoms with van der Waals surface area (Å²) in [6, 6.07) is 69.0. The van der Waals surface area contributed by atoms with Crippen molar-refractivity contribution in [2.24, 2.45) is 0 Å². The van der Waals surface area contributed by atoms with Crippen LogP contribution in [0, 0.1) is 0 Å². The fraction of sp³-hybridized carbons (Fsp3) is 0. The van der Waals surface area contributed by atoms with E-state index in [2.05, 4.69) is 155 Å². The molecule has 11 rings (SSSR count). The fourth-order valence-corrected chi connectivity index (χ4v) is 8.13. The molecule has 0 saturated heterocycles. The summed E-state index contributed by atoms with van der Waals surface area (Å²) in [5.74, 6) is 1.64. The second-order valence-electron chi connectivity index (χ2n) is 14.0. The second kappa shape index (κ2) is 13.5. The summed E-state index contributed by atoms with van der Waals surface area (Å²) in [6.07, 6.45) is 0. The highest BCUT2D eigenvalue weighted by atomic mass is 16.3. The highest BCUT2D eigenvalue weighted by Gasteiger charge is 2.25. The zero-order valence-electron chi connectivity index (χ0n) is 30.7. The van der Waals surface area contributed by atoms with E-state index in [-0.39, 0.29) is 0 Å². The predicted octanol–water partition coefficient (Wildman–Crippen LogP) is 13.3. The summed E-state index contributed by atoms with van der Waals surface area (Å²) in [4.78, 5) is 18.3. The molecule has 11 aromatic rings. The van der Waals surface area contributed by atoms with Crippen molar-refractivity contribution in [3.63, 3.8) is 0 Å². The third kappa shape index (κ3) is 5.54. The van der Waals surface area contributed by atoms with E-state index in [4.69, 9.17) is 19.4 Å². The zero-order chi connectivity index (χ0) is 37.7. The van der Waals surface area contributed by atoms with Gasteiger partial charge in [-0.15, -0.1) is 0 Å². The van der Waals surface area contributed by atoms with Gasteiger partial charge in [-0.3, -0.25) is 4.90 Å². The molecule has 0 atom stereocenters. The predicted molar refractivity (Wildman–Crippen MR) is 232 cm³/mol. The number of benzene rings is 8. The van der Waals surface area contributed by atoms with Crippen molar-refractivity contribution in [3.8, 4) is 39.6 Å². The van der Waals surface area contributed by atoms with Crippen molar-refractivity contribution in [3.05, 3.63) is 200 Å². The summed E-state index contributed by atoms with van der Waals surface area (Å²) in [5, 5.41) is 4.20. The van der Waals surface area contributed by atoms with E-state index in [0.717, 1.165) is 83.1 Å². The molecule has 0 aliphatic carbocycles. The normalized spacial score (nSPS) is 11.5. The Kier molecular flexibility index (Phi) is 7.71. The van der Waals surface area contributed by atoms with E-state index in [1.54, 1.807) is 0 Å². The number of hydrogen-bond acceptors (Lipinski definition) is 5. The third-order valence-corrected chi connectivity index (χ3v) is 10.6. The lowest BCUT2D eigenvalue weighted by molar-refractivity contribution is 0.669. The van der Waals surface area contributed by atoms with E-state index in [1.807, 2.05) is 54.6 Å². The number of para-hydroxylation sites is 4. The van der Waals surface area contributed by atoms with E-state index >= 15 is 0 Å². The van der Waals surface area contributed by atoms with E-state index in [9.17, 15) is 0 Å². The maximum absolute atomic E-state index is 6.40. The molecule has 3 heterocycles. The minimum absolute atomic E-state index is 0.493. The van der Waals surface area contributed by atoms with E-state index in [1.165, 1.54) is 0 Å². The summed E-state index contributed by atoms with van der Waals surface area (Å²) in [5.41, 5.74) is 10.7. The third-order valence-electron chi connectivity index (χ3n) is 10.6. The molecule has 57 heavy (non-hydrogen) atoms. The topological polar surface area (TPSA) is 60.0 Å². The Hall–Kier alpha value is -7.83. The van der Waals surface area contributed by atoms with Gasteiger partial charge in [0.05, 0.1) is 22.1 Å². The molecule has 0 bridgehead atoms. The van der Waals surface area contributed by atoms with Crippen LogP contribution in [-0.2, 0) is 0 Å². The molecule has 268 valence electrons. The van der Waals surface area contributed by atoms with Gasteiger partial charge in [-0.1, -0.05) is 140 Å². The summed E-state index contributed by atoms with van der Waals surface area (Å²) in [6.45, 7) is 0. The number of aromatic nitrogens is 4. The van der Waals surface area contributed by atoms with Crippen LogP contribution in [0.3, 0.4) is 0 Å². The summed E-state index contributed by atoms with van der Waals surface area (Å²) >= 11 is 0. The first kappa shape index (κ1) is 32.6. The average Bonchev–Trinajstić information content (AvgIpc) is 3.84. The fourth-order valence-electron chi connectivity index (χ4n) is 8.13. The number of nitrogens with zero attached hydrogens (tertiary/aromatic N) is 5. The van der Waals surface area contributed by atoms with Crippen LogP contribution in [0.25, 0.3) is 83.3 Å². The van der Waals surface area contributed by atoms with Crippen molar-refractivity contribution in [2.45, 2.75) is 0 Å². The van der Waals surface area contributed by atoms with Gasteiger partial charge >= 0.3 is 0 Å². The average molecular weight is 732 g/mol. The number of rotatable bonds is 7. The minimum Gasteiger partial charge on any atom is -0.456 e. The molecule has 8 aromatic carbocycles. The van der Waals surface area contributed by atoms with Gasteiger partial charge in [0.2, 0.25) is 5.95 Å². The van der Waals surface area contributed by atoms with Crippen LogP contribution < -0.4 is 4.90 Å². The molecule has 0 fully saturated rings. The Balaban J connectivity index is 1.22. The van der Waals surface area contributed by atoms with Gasteiger partial charge in [0.25, 0.3) is 0 Å². The van der Waals surface area contributed by atoms with Gasteiger partial charge in [-0.25, -0.2) is 4.98 Å². The molecular weight excluding hydrogens is 699 g/mol.